The Kier molecular flexibility index (Phi) is 3.45. The van der Waals surface area contributed by atoms with Crippen LogP contribution in [0.5, 0.6) is 0 Å². The van der Waals surface area contributed by atoms with E-state index < -0.39 is 0 Å². The lowest BCUT2D eigenvalue weighted by atomic mass is 9.99. The molecular formula is C12H19N3O. The van der Waals surface area contributed by atoms with Crippen molar-refractivity contribution < 1.29 is 4.79 Å². The summed E-state index contributed by atoms with van der Waals surface area (Å²) in [4.78, 5) is 12.0. The summed E-state index contributed by atoms with van der Waals surface area (Å²) in [5.41, 5.74) is 0. The third kappa shape index (κ3) is 2.19. The van der Waals surface area contributed by atoms with Crippen LogP contribution in [-0.2, 0) is 4.79 Å². The van der Waals surface area contributed by atoms with Gasteiger partial charge in [0.15, 0.2) is 0 Å². The Morgan fingerprint density at radius 1 is 1.44 bits per heavy atom. The molecule has 0 spiro atoms. The number of nitriles is 1. The van der Waals surface area contributed by atoms with Crippen LogP contribution in [0.25, 0.3) is 0 Å². The van der Waals surface area contributed by atoms with E-state index >= 15 is 0 Å². The lowest BCUT2D eigenvalue weighted by Crippen LogP contribution is -2.43. The minimum Gasteiger partial charge on any atom is -0.352 e. The number of nitrogens with zero attached hydrogens (tertiary/aromatic N) is 1. The van der Waals surface area contributed by atoms with Crippen LogP contribution in [-0.4, -0.2) is 24.5 Å². The number of hydrogen-bond acceptors (Lipinski definition) is 3. The summed E-state index contributed by atoms with van der Waals surface area (Å²) >= 11 is 0. The molecule has 2 aliphatic rings. The van der Waals surface area contributed by atoms with Gasteiger partial charge >= 0.3 is 0 Å². The van der Waals surface area contributed by atoms with Crippen molar-refractivity contribution in [2.45, 2.75) is 44.7 Å². The molecule has 1 saturated heterocycles. The normalized spacial score (nSPS) is 38.2. The molecule has 1 aliphatic carbocycles. The van der Waals surface area contributed by atoms with E-state index in [1.165, 1.54) is 0 Å². The van der Waals surface area contributed by atoms with E-state index in [0.717, 1.165) is 32.2 Å². The Morgan fingerprint density at radius 2 is 2.25 bits per heavy atom. The number of carbonyl (C=O) groups is 1. The minimum absolute atomic E-state index is 0.0219. The van der Waals surface area contributed by atoms with Gasteiger partial charge in [0, 0.05) is 12.1 Å². The number of rotatable bonds is 2. The lowest BCUT2D eigenvalue weighted by Gasteiger charge is -2.20. The van der Waals surface area contributed by atoms with Gasteiger partial charge in [0.05, 0.1) is 17.9 Å². The molecule has 1 heterocycles. The second-order valence-electron chi connectivity index (χ2n) is 4.92. The van der Waals surface area contributed by atoms with Gasteiger partial charge in [0.1, 0.15) is 0 Å². The Morgan fingerprint density at radius 3 is 2.88 bits per heavy atom. The van der Waals surface area contributed by atoms with Crippen molar-refractivity contribution >= 4 is 5.91 Å². The first-order chi connectivity index (χ1) is 7.72. The van der Waals surface area contributed by atoms with Crippen LogP contribution in [0.1, 0.15) is 32.6 Å². The van der Waals surface area contributed by atoms with Crippen LogP contribution in [0.4, 0.5) is 0 Å². The van der Waals surface area contributed by atoms with E-state index in [9.17, 15) is 4.79 Å². The maximum Gasteiger partial charge on any atom is 0.224 e. The average molecular weight is 221 g/mol. The van der Waals surface area contributed by atoms with Gasteiger partial charge in [-0.3, -0.25) is 4.79 Å². The van der Waals surface area contributed by atoms with Crippen molar-refractivity contribution in [1.82, 2.24) is 10.6 Å². The van der Waals surface area contributed by atoms with Crippen molar-refractivity contribution in [3.63, 3.8) is 0 Å². The Hall–Kier alpha value is -1.08. The largest absolute Gasteiger partial charge is 0.352 e. The zero-order valence-corrected chi connectivity index (χ0v) is 9.70. The van der Waals surface area contributed by atoms with Gasteiger partial charge in [0.2, 0.25) is 5.91 Å². The molecule has 1 saturated carbocycles. The number of carbonyl (C=O) groups excluding carboxylic acids is 1. The highest BCUT2D eigenvalue weighted by molar-refractivity contribution is 5.80. The fraction of sp³-hybridized carbons (Fsp3) is 0.833. The minimum atomic E-state index is 0.0219. The van der Waals surface area contributed by atoms with Crippen molar-refractivity contribution in [3.05, 3.63) is 0 Å². The predicted octanol–water partition coefficient (Wildman–Crippen LogP) is 0.793. The van der Waals surface area contributed by atoms with E-state index in [0.29, 0.717) is 0 Å². The Bertz CT molecular complexity index is 310. The smallest absolute Gasteiger partial charge is 0.224 e. The van der Waals surface area contributed by atoms with Crippen molar-refractivity contribution in [3.8, 4) is 6.07 Å². The monoisotopic (exact) mass is 221 g/mol. The summed E-state index contributed by atoms with van der Waals surface area (Å²) in [5, 5.41) is 15.3. The summed E-state index contributed by atoms with van der Waals surface area (Å²) < 4.78 is 0. The Labute approximate surface area is 96.4 Å². The molecule has 4 heteroatoms. The highest BCUT2D eigenvalue weighted by Gasteiger charge is 2.34. The van der Waals surface area contributed by atoms with Gasteiger partial charge in [-0.2, -0.15) is 5.26 Å². The van der Waals surface area contributed by atoms with Crippen LogP contribution in [0.15, 0.2) is 0 Å². The fourth-order valence-electron chi connectivity index (χ4n) is 2.79. The van der Waals surface area contributed by atoms with Gasteiger partial charge in [-0.15, -0.1) is 0 Å². The van der Waals surface area contributed by atoms with E-state index in [1.807, 2.05) is 6.92 Å². The molecule has 2 fully saturated rings. The average Bonchev–Trinajstić information content (AvgIpc) is 2.86. The number of hydrogen-bond donors (Lipinski definition) is 2. The zero-order valence-electron chi connectivity index (χ0n) is 9.70. The molecular weight excluding hydrogens is 202 g/mol. The van der Waals surface area contributed by atoms with Crippen LogP contribution < -0.4 is 10.6 Å². The molecule has 0 radical (unpaired) electrons. The van der Waals surface area contributed by atoms with Gasteiger partial charge in [-0.05, 0) is 39.2 Å². The third-order valence-corrected chi connectivity index (χ3v) is 3.87. The molecule has 0 aromatic carbocycles. The van der Waals surface area contributed by atoms with Crippen molar-refractivity contribution in [2.75, 3.05) is 6.54 Å². The van der Waals surface area contributed by atoms with E-state index in [4.69, 9.17) is 5.26 Å². The topological polar surface area (TPSA) is 64.9 Å². The van der Waals surface area contributed by atoms with E-state index in [-0.39, 0.29) is 29.8 Å². The summed E-state index contributed by atoms with van der Waals surface area (Å²) in [6.07, 6.45) is 3.86. The third-order valence-electron chi connectivity index (χ3n) is 3.87. The van der Waals surface area contributed by atoms with Crippen LogP contribution in [0, 0.1) is 23.2 Å². The van der Waals surface area contributed by atoms with Gasteiger partial charge in [-0.25, -0.2) is 0 Å². The molecule has 2 rings (SSSR count). The van der Waals surface area contributed by atoms with Gasteiger partial charge in [-0.1, -0.05) is 0 Å². The maximum atomic E-state index is 12.0. The lowest BCUT2D eigenvalue weighted by molar-refractivity contribution is -0.125. The maximum absolute atomic E-state index is 12.0. The highest BCUT2D eigenvalue weighted by Crippen LogP contribution is 2.26. The molecule has 4 atom stereocenters. The molecule has 0 bridgehead atoms. The molecule has 1 aliphatic heterocycles. The first-order valence-electron chi connectivity index (χ1n) is 6.15. The molecule has 4 unspecified atom stereocenters. The SMILES string of the molecule is CC1NCCC1C(=O)NC1CCCC1C#N. The standard InChI is InChI=1S/C12H19N3O/c1-8-10(5-6-14-8)12(16)15-11-4-2-3-9(11)7-13/h8-11,14H,2-6H2,1H3,(H,15,16). The quantitative estimate of drug-likeness (QED) is 0.724. The van der Waals surface area contributed by atoms with Crippen LogP contribution >= 0.6 is 0 Å². The molecule has 2 N–H and O–H groups in total. The Balaban J connectivity index is 1.89. The highest BCUT2D eigenvalue weighted by atomic mass is 16.2. The molecule has 16 heavy (non-hydrogen) atoms. The molecule has 4 nitrogen and oxygen atoms in total. The van der Waals surface area contributed by atoms with Crippen LogP contribution in [0.2, 0.25) is 0 Å². The predicted molar refractivity (Wildman–Crippen MR) is 60.5 cm³/mol. The summed E-state index contributed by atoms with van der Waals surface area (Å²) in [7, 11) is 0. The summed E-state index contributed by atoms with van der Waals surface area (Å²) in [6.45, 7) is 2.97. The van der Waals surface area contributed by atoms with Crippen molar-refractivity contribution in [2.24, 2.45) is 11.8 Å². The van der Waals surface area contributed by atoms with E-state index in [1.54, 1.807) is 0 Å². The second kappa shape index (κ2) is 4.84. The second-order valence-corrected chi connectivity index (χ2v) is 4.92. The first kappa shape index (κ1) is 11.4. The number of amides is 1. The summed E-state index contributed by atoms with van der Waals surface area (Å²) in [6, 6.07) is 2.64. The van der Waals surface area contributed by atoms with E-state index in [2.05, 4.69) is 16.7 Å². The molecule has 1 amide bonds. The number of nitrogens with one attached hydrogen (secondary N) is 2. The van der Waals surface area contributed by atoms with Gasteiger partial charge < -0.3 is 10.6 Å². The zero-order chi connectivity index (χ0) is 11.5. The molecule has 0 aromatic rings. The fourth-order valence-corrected chi connectivity index (χ4v) is 2.79. The van der Waals surface area contributed by atoms with Gasteiger partial charge in [0.25, 0.3) is 0 Å². The van der Waals surface area contributed by atoms with Crippen LogP contribution in [0.3, 0.4) is 0 Å². The summed E-state index contributed by atoms with van der Waals surface area (Å²) in [5.74, 6) is 0.234. The molecule has 0 aromatic heterocycles. The van der Waals surface area contributed by atoms with Crippen molar-refractivity contribution in [1.29, 1.82) is 5.26 Å². The molecule has 88 valence electrons. The first-order valence-corrected chi connectivity index (χ1v) is 6.15.